The Balaban J connectivity index is 0.000000104. The average molecular weight is 1810 g/mol. The molecule has 22 aromatic carbocycles. The molecular weight excluding hydrogens is 1730 g/mol. The first-order chi connectivity index (χ1) is 70.0. The van der Waals surface area contributed by atoms with E-state index in [9.17, 15) is 0 Å². The van der Waals surface area contributed by atoms with Gasteiger partial charge in [-0.1, -0.05) is 341 Å². The molecule has 0 aliphatic carbocycles. The number of furan rings is 1. The number of aromatic nitrogens is 8. The van der Waals surface area contributed by atoms with Crippen LogP contribution in [0.1, 0.15) is 7.43 Å². The molecule has 0 fully saturated rings. The minimum absolute atomic E-state index is 0. The molecule has 0 radical (unpaired) electrons. The molecule has 0 amide bonds. The lowest BCUT2D eigenvalue weighted by atomic mass is 10.0. The van der Waals surface area contributed by atoms with E-state index in [-0.39, 0.29) is 7.43 Å². The third-order valence-corrected chi connectivity index (χ3v) is 29.4. The number of nitrogens with zero attached hydrogens (tertiary/aromatic N) is 8. The minimum Gasteiger partial charge on any atom is -0.455 e. The summed E-state index contributed by atoms with van der Waals surface area (Å²) >= 11 is 0. The van der Waals surface area contributed by atoms with E-state index in [1.807, 2.05) is 12.1 Å². The number of hydrogen-bond acceptors (Lipinski definition) is 1. The summed E-state index contributed by atoms with van der Waals surface area (Å²) < 4.78 is 25.8. The van der Waals surface area contributed by atoms with Gasteiger partial charge in [-0.25, -0.2) is 0 Å². The molecule has 9 aromatic heterocycles. The summed E-state index contributed by atoms with van der Waals surface area (Å²) in [5.41, 5.74) is 35.1. The van der Waals surface area contributed by atoms with Crippen LogP contribution >= 0.6 is 0 Å². The molecule has 142 heavy (non-hydrogen) atoms. The van der Waals surface area contributed by atoms with E-state index in [1.165, 1.54) is 191 Å². The molecule has 9 heterocycles. The van der Waals surface area contributed by atoms with Gasteiger partial charge >= 0.3 is 0 Å². The molecule has 0 saturated heterocycles. The lowest BCUT2D eigenvalue weighted by Gasteiger charge is -2.14. The Labute approximate surface area is 816 Å². The number of hydrogen-bond donors (Lipinski definition) is 0. The average Bonchev–Trinajstić information content (AvgIpc) is 1.55. The SMILES string of the molecule is C.c1ccc(-n2c3ccccc3c3cc(-c4ccc5c(c4)c4ccc6c7ccccc7n(-c7ccccc7)c6c4n5-c4ccccc4)ccc32)cc1.c1ccc(-n2c3ccccc3c3ccc4c5ccccc5n(-c5ccc(-c6cccc7c6oc6ccccc67)cc5)c4c32)cc1.c1ccc(-n2c3ccccc3c3ccc4c5ccccc5n(-c5ccc(-n6c7ccccc7c7ccccc76)cc5)c4c32)cc1. The Hall–Kier alpha value is -19.0. The maximum atomic E-state index is 6.38. The fraction of sp³-hybridized carbons (Fsp3) is 0.00752. The second-order valence-corrected chi connectivity index (χ2v) is 36.9. The molecule has 0 atom stereocenters. The minimum atomic E-state index is 0. The third-order valence-electron chi connectivity index (χ3n) is 29.4. The fourth-order valence-corrected chi connectivity index (χ4v) is 23.4. The first-order valence-corrected chi connectivity index (χ1v) is 48.4. The Bertz CT molecular complexity index is 10400. The molecule has 9 nitrogen and oxygen atoms in total. The Morgan fingerprint density at radius 2 is 0.331 bits per heavy atom. The first kappa shape index (κ1) is 81.4. The van der Waals surface area contributed by atoms with Gasteiger partial charge in [0, 0.05) is 148 Å². The van der Waals surface area contributed by atoms with Gasteiger partial charge < -0.3 is 41.0 Å². The molecule has 0 aliphatic rings. The zero-order valence-electron chi connectivity index (χ0n) is 76.5. The van der Waals surface area contributed by atoms with Crippen LogP contribution in [0, 0.1) is 0 Å². The van der Waals surface area contributed by atoms with E-state index in [4.69, 9.17) is 4.42 Å². The molecule has 31 rings (SSSR count). The smallest absolute Gasteiger partial charge is 0.143 e. The van der Waals surface area contributed by atoms with Gasteiger partial charge in [0.25, 0.3) is 0 Å². The van der Waals surface area contributed by atoms with E-state index in [0.717, 1.165) is 72.9 Å². The molecule has 0 unspecified atom stereocenters. The Morgan fingerprint density at radius 1 is 0.127 bits per heavy atom. The molecule has 666 valence electrons. The summed E-state index contributed by atoms with van der Waals surface area (Å²) in [6.45, 7) is 0. The Morgan fingerprint density at radius 3 is 0.655 bits per heavy atom. The zero-order valence-corrected chi connectivity index (χ0v) is 76.5. The van der Waals surface area contributed by atoms with Crippen LogP contribution in [0.2, 0.25) is 0 Å². The van der Waals surface area contributed by atoms with Crippen molar-refractivity contribution in [3.8, 4) is 67.8 Å². The van der Waals surface area contributed by atoms with E-state index in [0.29, 0.717) is 0 Å². The van der Waals surface area contributed by atoms with Crippen LogP contribution < -0.4 is 0 Å². The van der Waals surface area contributed by atoms with Gasteiger partial charge in [-0.15, -0.1) is 0 Å². The molecular formula is C133H88N8O. The second-order valence-electron chi connectivity index (χ2n) is 36.9. The van der Waals surface area contributed by atoms with E-state index >= 15 is 0 Å². The topological polar surface area (TPSA) is 52.6 Å². The maximum Gasteiger partial charge on any atom is 0.143 e. The number of para-hydroxylation sites is 15. The van der Waals surface area contributed by atoms with Crippen molar-refractivity contribution in [1.29, 1.82) is 0 Å². The lowest BCUT2D eigenvalue weighted by molar-refractivity contribution is 0.670. The van der Waals surface area contributed by atoms with Crippen molar-refractivity contribution in [2.24, 2.45) is 0 Å². The van der Waals surface area contributed by atoms with Gasteiger partial charge in [-0.05, 0) is 193 Å². The van der Waals surface area contributed by atoms with Crippen LogP contribution in [0.4, 0.5) is 0 Å². The fourth-order valence-electron chi connectivity index (χ4n) is 23.4. The van der Waals surface area contributed by atoms with Gasteiger partial charge in [-0.2, -0.15) is 0 Å². The summed E-state index contributed by atoms with van der Waals surface area (Å²) in [6.07, 6.45) is 0. The summed E-state index contributed by atoms with van der Waals surface area (Å²) in [6, 6.07) is 184. The van der Waals surface area contributed by atoms with Crippen molar-refractivity contribution < 1.29 is 4.42 Å². The van der Waals surface area contributed by atoms with Crippen molar-refractivity contribution in [2.75, 3.05) is 0 Å². The molecule has 0 bridgehead atoms. The maximum absolute atomic E-state index is 6.38. The summed E-state index contributed by atoms with van der Waals surface area (Å²) in [7, 11) is 0. The van der Waals surface area contributed by atoms with Crippen molar-refractivity contribution in [2.45, 2.75) is 7.43 Å². The van der Waals surface area contributed by atoms with Crippen LogP contribution in [-0.2, 0) is 0 Å². The van der Waals surface area contributed by atoms with E-state index in [1.54, 1.807) is 0 Å². The molecule has 9 heteroatoms. The standard InChI is InChI=1S/C48H31N3.C42H27N3.C42H26N2O.CH4/c1-4-14-34(15-5-1)49-43-22-12-11-21-38(43)41-30-32(24-28-45(41)49)33-25-29-46-42(31-33)40-27-26-39-37-20-10-13-23-44(37)50(35-16-6-2-7-17-35)47(39)48(40)51(46)36-18-8-3-9-19-36;1-2-12-28(13-3-1)44-39-20-10-6-16-33(39)35-26-27-36-34-17-7-11-21-40(34)45(42(36)41(35)44)30-24-22-29(23-25-30)43-37-18-8-4-14-31(37)32-15-5-9-19-38(32)43;1-2-11-28(12-3-1)43-37-18-7-4-13-31(37)34-25-26-35-32-14-5-8-19-38(32)44(41(35)40(34)43)29-23-21-27(22-24-29)30-16-10-17-36-33-15-6-9-20-39(33)45-42(30)36;/h1-31H;1-27H;1-26H;1H4. The van der Waals surface area contributed by atoms with Crippen molar-refractivity contribution >= 4 is 196 Å². The highest BCUT2D eigenvalue weighted by Gasteiger charge is 2.28. The normalized spacial score (nSPS) is 11.9. The highest BCUT2D eigenvalue weighted by Crippen LogP contribution is 2.49. The predicted octanol–water partition coefficient (Wildman–Crippen LogP) is 35.7. The predicted molar refractivity (Wildman–Crippen MR) is 599 cm³/mol. The summed E-state index contributed by atoms with van der Waals surface area (Å²) in [5, 5.41) is 22.4. The molecule has 0 aliphatic heterocycles. The summed E-state index contributed by atoms with van der Waals surface area (Å²) in [5.74, 6) is 0. The van der Waals surface area contributed by atoms with Crippen LogP contribution in [-0.4, -0.2) is 36.5 Å². The van der Waals surface area contributed by atoms with Crippen LogP contribution in [0.25, 0.3) is 264 Å². The first-order valence-electron chi connectivity index (χ1n) is 48.4. The molecule has 0 saturated carbocycles. The quantitative estimate of drug-likeness (QED) is 0.135. The van der Waals surface area contributed by atoms with Gasteiger partial charge in [0.2, 0.25) is 0 Å². The monoisotopic (exact) mass is 1810 g/mol. The van der Waals surface area contributed by atoms with E-state index in [2.05, 4.69) is 534 Å². The highest BCUT2D eigenvalue weighted by molar-refractivity contribution is 6.28. The van der Waals surface area contributed by atoms with Gasteiger partial charge in [-0.3, -0.25) is 0 Å². The van der Waals surface area contributed by atoms with Gasteiger partial charge in [0.05, 0.1) is 88.3 Å². The Kier molecular flexibility index (Phi) is 18.7. The molecule has 31 aromatic rings. The lowest BCUT2D eigenvalue weighted by Crippen LogP contribution is -1.99. The number of benzene rings is 22. The van der Waals surface area contributed by atoms with Crippen LogP contribution in [0.3, 0.4) is 0 Å². The van der Waals surface area contributed by atoms with Gasteiger partial charge in [0.15, 0.2) is 0 Å². The van der Waals surface area contributed by atoms with Crippen LogP contribution in [0.5, 0.6) is 0 Å². The zero-order chi connectivity index (χ0) is 92.4. The van der Waals surface area contributed by atoms with Crippen molar-refractivity contribution in [1.82, 2.24) is 36.5 Å². The number of fused-ring (bicyclic) bond motifs is 30. The number of rotatable bonds is 10. The van der Waals surface area contributed by atoms with Crippen LogP contribution in [0.15, 0.2) is 514 Å². The van der Waals surface area contributed by atoms with Crippen molar-refractivity contribution in [3.05, 3.63) is 510 Å². The van der Waals surface area contributed by atoms with Gasteiger partial charge in [0.1, 0.15) is 11.2 Å². The summed E-state index contributed by atoms with van der Waals surface area (Å²) in [4.78, 5) is 0. The highest BCUT2D eigenvalue weighted by atomic mass is 16.3. The second kappa shape index (κ2) is 32.6. The van der Waals surface area contributed by atoms with Crippen molar-refractivity contribution in [3.63, 3.8) is 0 Å². The third kappa shape index (κ3) is 12.4. The van der Waals surface area contributed by atoms with E-state index < -0.39 is 0 Å². The molecule has 0 N–H and O–H groups in total. The largest absolute Gasteiger partial charge is 0.455 e. The molecule has 0 spiro atoms.